The maximum atomic E-state index is 8.29. The highest BCUT2D eigenvalue weighted by atomic mass is 16.6. The summed E-state index contributed by atoms with van der Waals surface area (Å²) in [4.78, 5) is 0. The molecule has 10 heavy (non-hydrogen) atoms. The Morgan fingerprint density at radius 1 is 1.40 bits per heavy atom. The molecule has 0 unspecified atom stereocenters. The number of hydrogen-bond acceptors (Lipinski definition) is 4. The van der Waals surface area contributed by atoms with Gasteiger partial charge in [0.1, 0.15) is 0 Å². The van der Waals surface area contributed by atoms with E-state index in [0.29, 0.717) is 0 Å². The molecular formula is C5H13BO4. The number of methoxy groups -OCH3 is 1. The van der Waals surface area contributed by atoms with Gasteiger partial charge in [-0.15, -0.1) is 0 Å². The van der Waals surface area contributed by atoms with Gasteiger partial charge < -0.3 is 19.4 Å². The highest BCUT2D eigenvalue weighted by molar-refractivity contribution is 6.32. The van der Waals surface area contributed by atoms with Gasteiger partial charge in [0.2, 0.25) is 0 Å². The highest BCUT2D eigenvalue weighted by Crippen LogP contribution is 2.06. The Labute approximate surface area is 60.9 Å². The van der Waals surface area contributed by atoms with Crippen molar-refractivity contribution in [3.63, 3.8) is 0 Å². The third-order valence-corrected chi connectivity index (χ3v) is 1.13. The van der Waals surface area contributed by atoms with E-state index >= 15 is 0 Å². The lowest BCUT2D eigenvalue weighted by molar-refractivity contribution is -0.0267. The Hall–Kier alpha value is -0.0951. The van der Waals surface area contributed by atoms with Crippen molar-refractivity contribution >= 4 is 7.32 Å². The van der Waals surface area contributed by atoms with Crippen LogP contribution >= 0.6 is 0 Å². The van der Waals surface area contributed by atoms with Crippen LogP contribution in [-0.4, -0.2) is 36.7 Å². The van der Waals surface area contributed by atoms with Crippen LogP contribution in [0, 0.1) is 0 Å². The molecule has 0 aromatic rings. The number of rotatable bonds is 4. The maximum absolute atomic E-state index is 8.29. The average molecular weight is 148 g/mol. The summed E-state index contributed by atoms with van der Waals surface area (Å²) >= 11 is 0. The van der Waals surface area contributed by atoms with Gasteiger partial charge in [-0.3, -0.25) is 0 Å². The molecule has 5 heteroatoms. The van der Waals surface area contributed by atoms with Crippen LogP contribution in [0.4, 0.5) is 0 Å². The molecule has 4 nitrogen and oxygen atoms in total. The Morgan fingerprint density at radius 3 is 2.20 bits per heavy atom. The van der Waals surface area contributed by atoms with Crippen LogP contribution in [0.25, 0.3) is 0 Å². The molecule has 0 spiro atoms. The first-order chi connectivity index (χ1) is 4.48. The zero-order chi connectivity index (χ0) is 8.20. The van der Waals surface area contributed by atoms with Gasteiger partial charge in [-0.1, -0.05) is 0 Å². The molecule has 0 aliphatic carbocycles. The van der Waals surface area contributed by atoms with Gasteiger partial charge in [0, 0.05) is 7.11 Å². The molecule has 0 heterocycles. The number of ether oxygens (including phenoxy) is 1. The standard InChI is InChI=1S/C5H13BO4/c1-5(2,9-3)4-10-6(7)8/h7-8H,4H2,1-3H3. The molecule has 60 valence electrons. The second-order valence-corrected chi connectivity index (χ2v) is 2.60. The summed E-state index contributed by atoms with van der Waals surface area (Å²) in [7, 11) is -0.179. The normalized spacial score (nSPS) is 11.7. The number of hydrogen-bond donors (Lipinski definition) is 2. The van der Waals surface area contributed by atoms with E-state index in [2.05, 4.69) is 4.65 Å². The predicted molar refractivity (Wildman–Crippen MR) is 37.2 cm³/mol. The summed E-state index contributed by atoms with van der Waals surface area (Å²) in [6, 6.07) is 0. The Balaban J connectivity index is 3.46. The molecule has 0 amide bonds. The Morgan fingerprint density at radius 2 is 1.90 bits per heavy atom. The topological polar surface area (TPSA) is 58.9 Å². The molecule has 0 radical (unpaired) electrons. The third kappa shape index (κ3) is 4.75. The minimum Gasteiger partial charge on any atom is -0.402 e. The van der Waals surface area contributed by atoms with Gasteiger partial charge in [-0.05, 0) is 13.8 Å². The summed E-state index contributed by atoms with van der Waals surface area (Å²) in [6.45, 7) is 3.73. The van der Waals surface area contributed by atoms with Crippen LogP contribution in [0.2, 0.25) is 0 Å². The van der Waals surface area contributed by atoms with E-state index in [4.69, 9.17) is 14.8 Å². The fourth-order valence-electron chi connectivity index (χ4n) is 0.334. The van der Waals surface area contributed by atoms with Gasteiger partial charge >= 0.3 is 7.32 Å². The lowest BCUT2D eigenvalue weighted by atomic mass is 10.1. The molecule has 0 bridgehead atoms. The molecule has 0 aromatic carbocycles. The van der Waals surface area contributed by atoms with E-state index in [1.807, 2.05) is 0 Å². The third-order valence-electron chi connectivity index (χ3n) is 1.13. The molecular weight excluding hydrogens is 135 g/mol. The van der Waals surface area contributed by atoms with Gasteiger partial charge in [0.05, 0.1) is 12.2 Å². The molecule has 0 aliphatic heterocycles. The Kier molecular flexibility index (Phi) is 3.89. The van der Waals surface area contributed by atoms with Crippen molar-refractivity contribution in [3.8, 4) is 0 Å². The SMILES string of the molecule is COC(C)(C)COB(O)O. The minimum atomic E-state index is -1.71. The summed E-state index contributed by atoms with van der Waals surface area (Å²) in [5.41, 5.74) is -0.469. The fraction of sp³-hybridized carbons (Fsp3) is 1.00. The van der Waals surface area contributed by atoms with E-state index in [9.17, 15) is 0 Å². The van der Waals surface area contributed by atoms with Crippen LogP contribution in [0.3, 0.4) is 0 Å². The summed E-state index contributed by atoms with van der Waals surface area (Å²) in [5.74, 6) is 0. The van der Waals surface area contributed by atoms with E-state index in [1.54, 1.807) is 13.8 Å². The average Bonchev–Trinajstić information content (AvgIpc) is 1.85. The largest absolute Gasteiger partial charge is 0.634 e. The zero-order valence-electron chi connectivity index (χ0n) is 6.50. The maximum Gasteiger partial charge on any atom is 0.634 e. The lowest BCUT2D eigenvalue weighted by Gasteiger charge is -2.22. The molecule has 0 aliphatic rings. The van der Waals surface area contributed by atoms with Crippen LogP contribution < -0.4 is 0 Å². The van der Waals surface area contributed by atoms with Crippen LogP contribution in [0.15, 0.2) is 0 Å². The molecule has 0 fully saturated rings. The zero-order valence-corrected chi connectivity index (χ0v) is 6.50. The summed E-state index contributed by atoms with van der Waals surface area (Å²) < 4.78 is 9.42. The van der Waals surface area contributed by atoms with Crippen molar-refractivity contribution in [2.45, 2.75) is 19.4 Å². The lowest BCUT2D eigenvalue weighted by Crippen LogP contribution is -2.33. The van der Waals surface area contributed by atoms with Gasteiger partial charge in [0.25, 0.3) is 0 Å². The van der Waals surface area contributed by atoms with E-state index in [-0.39, 0.29) is 6.61 Å². The van der Waals surface area contributed by atoms with Gasteiger partial charge in [-0.2, -0.15) is 0 Å². The van der Waals surface area contributed by atoms with Crippen molar-refractivity contribution < 1.29 is 19.4 Å². The summed E-state index contributed by atoms with van der Waals surface area (Å²) in [5, 5.41) is 16.6. The first-order valence-electron chi connectivity index (χ1n) is 3.01. The Bertz CT molecular complexity index is 93.6. The predicted octanol–water partition coefficient (Wildman–Crippen LogP) is -0.603. The van der Waals surface area contributed by atoms with E-state index in [0.717, 1.165) is 0 Å². The van der Waals surface area contributed by atoms with Crippen molar-refractivity contribution in [2.75, 3.05) is 13.7 Å². The van der Waals surface area contributed by atoms with Crippen LogP contribution in [-0.2, 0) is 9.39 Å². The van der Waals surface area contributed by atoms with Gasteiger partial charge in [0.15, 0.2) is 0 Å². The highest BCUT2D eigenvalue weighted by Gasteiger charge is 2.20. The van der Waals surface area contributed by atoms with E-state index in [1.165, 1.54) is 7.11 Å². The van der Waals surface area contributed by atoms with Crippen molar-refractivity contribution in [1.29, 1.82) is 0 Å². The molecule has 0 atom stereocenters. The second-order valence-electron chi connectivity index (χ2n) is 2.60. The first-order valence-corrected chi connectivity index (χ1v) is 3.01. The van der Waals surface area contributed by atoms with Crippen LogP contribution in [0.1, 0.15) is 13.8 Å². The molecule has 0 saturated heterocycles. The van der Waals surface area contributed by atoms with Crippen molar-refractivity contribution in [2.24, 2.45) is 0 Å². The monoisotopic (exact) mass is 148 g/mol. The quantitative estimate of drug-likeness (QED) is 0.522. The van der Waals surface area contributed by atoms with Gasteiger partial charge in [-0.25, -0.2) is 0 Å². The van der Waals surface area contributed by atoms with Crippen molar-refractivity contribution in [1.82, 2.24) is 0 Å². The van der Waals surface area contributed by atoms with Crippen LogP contribution in [0.5, 0.6) is 0 Å². The summed E-state index contributed by atoms with van der Waals surface area (Å²) in [6.07, 6.45) is 0. The second kappa shape index (κ2) is 3.93. The smallest absolute Gasteiger partial charge is 0.402 e. The minimum absolute atomic E-state index is 0.154. The first kappa shape index (κ1) is 9.90. The molecule has 0 rings (SSSR count). The molecule has 0 saturated carbocycles. The van der Waals surface area contributed by atoms with E-state index < -0.39 is 12.9 Å². The molecule has 2 N–H and O–H groups in total. The van der Waals surface area contributed by atoms with Crippen molar-refractivity contribution in [3.05, 3.63) is 0 Å². The molecule has 0 aromatic heterocycles. The fourth-order valence-corrected chi connectivity index (χ4v) is 0.334.